The molecule has 10 nitrogen and oxygen atoms in total. The molecule has 0 aliphatic heterocycles. The van der Waals surface area contributed by atoms with Gasteiger partial charge in [0, 0.05) is 24.8 Å². The van der Waals surface area contributed by atoms with Crippen LogP contribution in [0.2, 0.25) is 0 Å². The summed E-state index contributed by atoms with van der Waals surface area (Å²) in [7, 11) is 3.44. The smallest absolute Gasteiger partial charge is 0.870 e. The first-order chi connectivity index (χ1) is 67.3. The normalized spacial score (nSPS) is 11.4. The van der Waals surface area contributed by atoms with Crippen molar-refractivity contribution in [1.29, 1.82) is 0 Å². The fourth-order valence-corrected chi connectivity index (χ4v) is 15.8. The Morgan fingerprint density at radius 3 is 0.459 bits per heavy atom. The molecule has 0 saturated heterocycles. The molecule has 0 amide bonds. The summed E-state index contributed by atoms with van der Waals surface area (Å²) in [6, 6.07) is 36.9. The van der Waals surface area contributed by atoms with E-state index < -0.39 is 289 Å². The van der Waals surface area contributed by atoms with E-state index in [-0.39, 0.29) is 55.9 Å². The van der Waals surface area contributed by atoms with Crippen LogP contribution in [0.15, 0.2) is 134 Å². The zero-order valence-electron chi connectivity index (χ0n) is 74.8. The van der Waals surface area contributed by atoms with E-state index in [1.807, 2.05) is 97.6 Å². The van der Waals surface area contributed by atoms with E-state index in [2.05, 4.69) is 108 Å². The largest absolute Gasteiger partial charge is 2.00 e. The molecule has 0 bridgehead atoms. The zero-order chi connectivity index (χ0) is 107. The van der Waals surface area contributed by atoms with Crippen LogP contribution in [0.3, 0.4) is 0 Å². The number of anilines is 2. The number of aromatic nitrogens is 4. The van der Waals surface area contributed by atoms with Crippen molar-refractivity contribution in [3.63, 3.8) is 0 Å². The molecule has 0 aliphatic rings. The summed E-state index contributed by atoms with van der Waals surface area (Å²) in [4.78, 5) is 22.6. The summed E-state index contributed by atoms with van der Waals surface area (Å²) >= 11 is 0. The molecule has 2 radical (unpaired) electrons. The molecule has 148 heavy (non-hydrogen) atoms. The molecule has 0 saturated carbocycles. The number of hydrogen-bond donors (Lipinski definition) is 0. The van der Waals surface area contributed by atoms with Crippen LogP contribution in [0.4, 0.5) is 187 Å². The van der Waals surface area contributed by atoms with Gasteiger partial charge in [-0.3, -0.25) is 19.9 Å². The number of methoxy groups -OCH3 is 2. The van der Waals surface area contributed by atoms with Gasteiger partial charge >= 0.3 is 34.1 Å². The van der Waals surface area contributed by atoms with Crippen molar-refractivity contribution in [3.05, 3.63) is 401 Å². The van der Waals surface area contributed by atoms with Gasteiger partial charge in [0.25, 0.3) is 0 Å². The van der Waals surface area contributed by atoms with E-state index in [1.165, 1.54) is 11.1 Å². The summed E-state index contributed by atoms with van der Waals surface area (Å²) in [5, 5.41) is 0. The molecule has 2 N–H and O–H groups in total. The van der Waals surface area contributed by atoms with Gasteiger partial charge in [-0.25, -0.2) is 176 Å². The molecular formula is C94H56B2Cu2F40N6O4. The molecule has 0 aliphatic carbocycles. The molecule has 4 aromatic heterocycles. The van der Waals surface area contributed by atoms with E-state index in [9.17, 15) is 105 Å². The van der Waals surface area contributed by atoms with Crippen molar-refractivity contribution in [2.45, 2.75) is 78.6 Å². The number of pyridine rings is 4. The average Bonchev–Trinajstić information content (AvgIpc) is 0.682. The minimum absolute atomic E-state index is 0. The monoisotopic (exact) mass is 2240 g/mol. The first kappa shape index (κ1) is 121. The summed E-state index contributed by atoms with van der Waals surface area (Å²) < 4.78 is 599. The zero-order valence-corrected chi connectivity index (χ0v) is 76.7. The van der Waals surface area contributed by atoms with Crippen molar-refractivity contribution in [1.82, 2.24) is 19.9 Å². The summed E-state index contributed by atoms with van der Waals surface area (Å²) in [5.74, 6) is -141. The van der Waals surface area contributed by atoms with Crippen LogP contribution in [0, 0.1) is 233 Å². The van der Waals surface area contributed by atoms with E-state index >= 15 is 70.2 Å². The summed E-state index contributed by atoms with van der Waals surface area (Å²) in [6.45, 7) is 16.1. The van der Waals surface area contributed by atoms with Crippen LogP contribution < -0.4 is 63.0 Å². The molecule has 0 unspecified atom stereocenters. The molecule has 4 heterocycles. The van der Waals surface area contributed by atoms with Gasteiger partial charge < -0.3 is 30.2 Å². The van der Waals surface area contributed by atoms with Gasteiger partial charge in [0.1, 0.15) is 117 Å². The maximum atomic E-state index is 15.4. The number of ether oxygens (including phenoxy) is 2. The maximum absolute atomic E-state index is 15.4. The third kappa shape index (κ3) is 21.7. The van der Waals surface area contributed by atoms with Crippen molar-refractivity contribution >= 4 is 67.4 Å². The van der Waals surface area contributed by atoms with Gasteiger partial charge in [-0.15, -0.1) is 43.7 Å². The van der Waals surface area contributed by atoms with Crippen molar-refractivity contribution in [2.75, 3.05) is 24.0 Å². The number of nitrogens with zero attached hydrogens (tertiary/aromatic N) is 6. The van der Waals surface area contributed by atoms with E-state index in [0.717, 1.165) is 45.6 Å². The predicted molar refractivity (Wildman–Crippen MR) is 442 cm³/mol. The molecule has 0 spiro atoms. The van der Waals surface area contributed by atoms with Crippen LogP contribution in [0.1, 0.15) is 75.4 Å². The van der Waals surface area contributed by atoms with Crippen LogP contribution >= 0.6 is 0 Å². The van der Waals surface area contributed by atoms with Crippen LogP contribution in [0.25, 0.3) is 0 Å². The van der Waals surface area contributed by atoms with Crippen LogP contribution in [-0.4, -0.2) is 57.4 Å². The minimum atomic E-state index is -7.22. The van der Waals surface area contributed by atoms with Gasteiger partial charge in [0.2, 0.25) is 0 Å². The number of halogens is 40. The third-order valence-corrected chi connectivity index (χ3v) is 22.5. The number of benzene rings is 10. The molecule has 0 atom stereocenters. The SMILES string of the molecule is COc1ccc(C(C)(C)C)cc1N(Cc1ccccn1)Cc1ccccn1.COc1ccc(C(C)(C)C)cc1N(Cc1ccccn1)Cc1ccccn1.Fc1c(F)c(F)c([B-](c2c(F)c(F)c(F)c(F)c2F)(c2c(F)c(F)c(F)c(F)c2F)c2c(F)c(F)c(F)c(F)c2F)c(F)c1F.Fc1c(F)c(F)c([B-](c2c(F)c(F)c(F)c(F)c2F)(c2c(F)c(F)c(F)c(F)c2F)c2c(F)c(F)c(F)c(F)c2F)c(F)c1F.[Cu+2].[Cu+2].[OH-].[OH-]. The van der Waals surface area contributed by atoms with Gasteiger partial charge in [0.05, 0.1) is 74.5 Å². The molecule has 794 valence electrons. The summed E-state index contributed by atoms with van der Waals surface area (Å²) in [6.07, 6.45) is -7.11. The Balaban J connectivity index is 0.000000272. The summed E-state index contributed by atoms with van der Waals surface area (Å²) in [5.41, 5.74) is -19.8. The van der Waals surface area contributed by atoms with Gasteiger partial charge in [0.15, 0.2) is 140 Å². The Morgan fingerprint density at radius 1 is 0.209 bits per heavy atom. The molecular weight excluding hydrogens is 2190 g/mol. The van der Waals surface area contributed by atoms with Crippen molar-refractivity contribution < 1.29 is 230 Å². The second-order valence-corrected chi connectivity index (χ2v) is 32.9. The average molecular weight is 2240 g/mol. The topological polar surface area (TPSA) is 136 Å². The maximum Gasteiger partial charge on any atom is 2.00 e. The first-order valence-electron chi connectivity index (χ1n) is 40.3. The second kappa shape index (κ2) is 47.2. The fraction of sp³-hybridized carbons (Fsp3) is 0.149. The van der Waals surface area contributed by atoms with Gasteiger partial charge in [-0.05, 0) is 94.8 Å². The Bertz CT molecular complexity index is 6070. The van der Waals surface area contributed by atoms with Gasteiger partial charge in [-0.2, -0.15) is 0 Å². The van der Waals surface area contributed by atoms with Gasteiger partial charge in [-0.1, -0.05) is 77.9 Å². The van der Waals surface area contributed by atoms with E-state index in [4.69, 9.17) is 9.47 Å². The molecule has 14 aromatic rings. The Labute approximate surface area is 828 Å². The Hall–Kier alpha value is -13.7. The first-order valence-corrected chi connectivity index (χ1v) is 40.3. The number of rotatable bonds is 20. The molecule has 10 aromatic carbocycles. The van der Waals surface area contributed by atoms with Crippen molar-refractivity contribution in [3.8, 4) is 11.5 Å². The number of hydrogen-bond acceptors (Lipinski definition) is 10. The Morgan fingerprint density at radius 2 is 0.345 bits per heavy atom. The van der Waals surface area contributed by atoms with Crippen LogP contribution in [0.5, 0.6) is 11.5 Å². The minimum Gasteiger partial charge on any atom is -0.870 e. The predicted octanol–water partition coefficient (Wildman–Crippen LogP) is 21.3. The standard InChI is InChI=1S/2C24BF20.2C23H27N3O.2Cu.2H2O/c2*26-5-1(6(27)14(35)21(42)13(5)34)25(2-7(28)15(36)22(43)16(37)8(2)29,3-9(30)17(38)23(44)18(39)10(3)31)4-11(32)19(40)24(45)20(41)12(4)33;2*1-23(2,3)18-11-12-22(27-4)21(15-18)26(16-19-9-5-7-13-24-19)17-20-10-6-8-14-25-20;;;;/h;;2*5-15H,16-17H2,1-4H3;;;2*1H2/q2*-1;;;2*+2;;/p-2. The quantitative estimate of drug-likeness (QED) is 0.0314. The fourth-order valence-electron chi connectivity index (χ4n) is 15.8. The van der Waals surface area contributed by atoms with E-state index in [0.29, 0.717) is 26.2 Å². The van der Waals surface area contributed by atoms with Crippen LogP contribution in [-0.2, 0) is 71.1 Å². The second-order valence-electron chi connectivity index (χ2n) is 32.9. The third-order valence-electron chi connectivity index (χ3n) is 22.5. The Kier molecular flexibility index (Phi) is 38.7. The van der Waals surface area contributed by atoms with E-state index in [1.54, 1.807) is 14.2 Å². The molecule has 54 heteroatoms. The van der Waals surface area contributed by atoms with Crippen molar-refractivity contribution in [2.24, 2.45) is 0 Å². The molecule has 14 rings (SSSR count). The molecule has 0 fully saturated rings.